The molecule has 0 bridgehead atoms. The molecule has 0 unspecified atom stereocenters. The number of fused-ring (bicyclic) bond motifs is 1. The smallest absolute Gasteiger partial charge is 0.216 e. The molecule has 1 nitrogen and oxygen atoms in total. The number of halogens is 4. The second-order valence-electron chi connectivity index (χ2n) is 3.02. The van der Waals surface area contributed by atoms with Crippen molar-refractivity contribution in [3.05, 3.63) is 41.0 Å². The summed E-state index contributed by atoms with van der Waals surface area (Å²) in [7, 11) is 0. The molecule has 0 aliphatic carbocycles. The van der Waals surface area contributed by atoms with Crippen molar-refractivity contribution in [2.45, 2.75) is 3.79 Å². The van der Waals surface area contributed by atoms with Crippen LogP contribution in [0.1, 0.15) is 5.56 Å². The number of nitrogens with zero attached hydrogens (tertiary/aromatic N) is 1. The lowest BCUT2D eigenvalue weighted by Gasteiger charge is -2.11. The maximum absolute atomic E-state index is 5.98. The lowest BCUT2D eigenvalue weighted by Crippen LogP contribution is -1.99. The lowest BCUT2D eigenvalue weighted by molar-refractivity contribution is 1.24. The van der Waals surface area contributed by atoms with Crippen LogP contribution in [0.5, 0.6) is 0 Å². The van der Waals surface area contributed by atoms with E-state index < -0.39 is 3.79 Å². The molecule has 2 aromatic rings. The van der Waals surface area contributed by atoms with Crippen molar-refractivity contribution in [3.8, 4) is 0 Å². The van der Waals surface area contributed by atoms with Gasteiger partial charge < -0.3 is 0 Å². The summed E-state index contributed by atoms with van der Waals surface area (Å²) in [5.74, 6) is 0. The maximum atomic E-state index is 5.98. The largest absolute Gasteiger partial charge is 0.256 e. The van der Waals surface area contributed by atoms with E-state index in [-0.39, 0.29) is 0 Å². The Morgan fingerprint density at radius 1 is 1.07 bits per heavy atom. The van der Waals surface area contributed by atoms with Crippen molar-refractivity contribution < 1.29 is 0 Å². The van der Waals surface area contributed by atoms with E-state index in [2.05, 4.69) is 4.98 Å². The van der Waals surface area contributed by atoms with Crippen molar-refractivity contribution in [1.82, 2.24) is 4.98 Å². The molecule has 0 saturated heterocycles. The van der Waals surface area contributed by atoms with E-state index in [4.69, 9.17) is 46.4 Å². The highest BCUT2D eigenvalue weighted by Gasteiger charge is 2.22. The predicted molar refractivity (Wildman–Crippen MR) is 66.0 cm³/mol. The number of hydrogen-bond acceptors (Lipinski definition) is 1. The second kappa shape index (κ2) is 3.99. The normalized spacial score (nSPS) is 12.0. The van der Waals surface area contributed by atoms with Crippen molar-refractivity contribution >= 4 is 57.3 Å². The number of alkyl halides is 3. The van der Waals surface area contributed by atoms with Gasteiger partial charge >= 0.3 is 0 Å². The third kappa shape index (κ3) is 2.31. The summed E-state index contributed by atoms with van der Waals surface area (Å²) < 4.78 is -1.43. The first-order valence-electron chi connectivity index (χ1n) is 4.10. The average molecular weight is 281 g/mol. The Hall–Kier alpha value is -0.210. The molecule has 0 fully saturated rings. The molecule has 2 rings (SSSR count). The van der Waals surface area contributed by atoms with Gasteiger partial charge in [-0.05, 0) is 12.1 Å². The van der Waals surface area contributed by atoms with Gasteiger partial charge in [-0.3, -0.25) is 4.98 Å². The van der Waals surface area contributed by atoms with Gasteiger partial charge in [-0.25, -0.2) is 0 Å². The van der Waals surface area contributed by atoms with E-state index in [0.717, 1.165) is 5.39 Å². The highest BCUT2D eigenvalue weighted by atomic mass is 35.6. The fourth-order valence-corrected chi connectivity index (χ4v) is 1.86. The molecular formula is C10H5Cl4N. The molecule has 1 aromatic heterocycles. The van der Waals surface area contributed by atoms with E-state index in [9.17, 15) is 0 Å². The van der Waals surface area contributed by atoms with E-state index >= 15 is 0 Å². The van der Waals surface area contributed by atoms with Gasteiger partial charge in [0.1, 0.15) is 0 Å². The van der Waals surface area contributed by atoms with Gasteiger partial charge in [-0.15, -0.1) is 0 Å². The zero-order valence-corrected chi connectivity index (χ0v) is 10.4. The fraction of sp³-hybridized carbons (Fsp3) is 0.100. The van der Waals surface area contributed by atoms with Crippen LogP contribution in [-0.4, -0.2) is 4.98 Å². The summed E-state index contributed by atoms with van der Waals surface area (Å²) in [6.07, 6.45) is 1.62. The van der Waals surface area contributed by atoms with Gasteiger partial charge in [0.15, 0.2) is 0 Å². The topological polar surface area (TPSA) is 12.9 Å². The highest BCUT2D eigenvalue weighted by molar-refractivity contribution is 6.66. The zero-order valence-electron chi connectivity index (χ0n) is 7.35. The summed E-state index contributed by atoms with van der Waals surface area (Å²) in [6, 6.07) is 6.96. The molecule has 1 heterocycles. The first-order valence-corrected chi connectivity index (χ1v) is 5.61. The molecule has 0 amide bonds. The monoisotopic (exact) mass is 279 g/mol. The van der Waals surface area contributed by atoms with Crippen LogP contribution in [0.15, 0.2) is 30.5 Å². The van der Waals surface area contributed by atoms with Gasteiger partial charge in [0.2, 0.25) is 3.79 Å². The van der Waals surface area contributed by atoms with Crippen LogP contribution in [0.4, 0.5) is 0 Å². The van der Waals surface area contributed by atoms with Gasteiger partial charge in [-0.2, -0.15) is 0 Å². The molecule has 0 radical (unpaired) electrons. The van der Waals surface area contributed by atoms with Crippen LogP contribution in [0.2, 0.25) is 5.02 Å². The first-order chi connectivity index (χ1) is 6.98. The summed E-state index contributed by atoms with van der Waals surface area (Å²) in [5, 5.41) is 1.48. The van der Waals surface area contributed by atoms with Gasteiger partial charge in [0.05, 0.1) is 10.5 Å². The van der Waals surface area contributed by atoms with Crippen LogP contribution < -0.4 is 0 Å². The van der Waals surface area contributed by atoms with Crippen molar-refractivity contribution in [2.24, 2.45) is 0 Å². The number of rotatable bonds is 0. The molecular weight excluding hydrogens is 276 g/mol. The Morgan fingerprint density at radius 2 is 1.80 bits per heavy atom. The predicted octanol–water partition coefficient (Wildman–Crippen LogP) is 4.71. The molecule has 0 N–H and O–H groups in total. The van der Waals surface area contributed by atoms with E-state index in [1.54, 1.807) is 30.5 Å². The van der Waals surface area contributed by atoms with Crippen LogP contribution in [-0.2, 0) is 3.79 Å². The van der Waals surface area contributed by atoms with E-state index in [0.29, 0.717) is 16.1 Å². The Bertz CT molecular complexity index is 504. The molecule has 78 valence electrons. The third-order valence-electron chi connectivity index (χ3n) is 2.02. The summed E-state index contributed by atoms with van der Waals surface area (Å²) in [4.78, 5) is 4.16. The first kappa shape index (κ1) is 11.3. The molecule has 0 spiro atoms. The van der Waals surface area contributed by atoms with Crippen molar-refractivity contribution in [1.29, 1.82) is 0 Å². The molecule has 5 heteroatoms. The number of pyridine rings is 1. The van der Waals surface area contributed by atoms with E-state index in [1.807, 2.05) is 0 Å². The quantitative estimate of drug-likeness (QED) is 0.637. The highest BCUT2D eigenvalue weighted by Crippen LogP contribution is 2.39. The maximum Gasteiger partial charge on any atom is 0.216 e. The minimum atomic E-state index is -1.43. The van der Waals surface area contributed by atoms with Gasteiger partial charge in [-0.1, -0.05) is 58.5 Å². The molecule has 15 heavy (non-hydrogen) atoms. The van der Waals surface area contributed by atoms with Gasteiger partial charge in [0, 0.05) is 17.1 Å². The second-order valence-corrected chi connectivity index (χ2v) is 5.71. The SMILES string of the molecule is Clc1ccnc2cc(C(Cl)(Cl)Cl)ccc12. The standard InChI is InChI=1S/C10H5Cl4N/c11-8-3-4-15-9-5-6(10(12,13)14)1-2-7(8)9/h1-5H. The number of aromatic nitrogens is 1. The minimum absolute atomic E-state index is 0.578. The average Bonchev–Trinajstić information content (AvgIpc) is 2.16. The third-order valence-corrected chi connectivity index (χ3v) is 3.00. The van der Waals surface area contributed by atoms with Gasteiger partial charge in [0.25, 0.3) is 0 Å². The summed E-state index contributed by atoms with van der Waals surface area (Å²) in [5.41, 5.74) is 1.29. The van der Waals surface area contributed by atoms with Crippen LogP contribution >= 0.6 is 46.4 Å². The number of hydrogen-bond donors (Lipinski definition) is 0. The molecule has 0 aliphatic heterocycles. The molecule has 0 saturated carbocycles. The minimum Gasteiger partial charge on any atom is -0.256 e. The lowest BCUT2D eigenvalue weighted by atomic mass is 10.1. The van der Waals surface area contributed by atoms with Crippen LogP contribution in [0.3, 0.4) is 0 Å². The molecule has 0 aliphatic rings. The van der Waals surface area contributed by atoms with Crippen molar-refractivity contribution in [3.63, 3.8) is 0 Å². The zero-order chi connectivity index (χ0) is 11.1. The summed E-state index contributed by atoms with van der Waals surface area (Å²) >= 11 is 23.3. The van der Waals surface area contributed by atoms with E-state index in [1.165, 1.54) is 0 Å². The number of benzene rings is 1. The Kier molecular flexibility index (Phi) is 3.00. The Balaban J connectivity index is 2.68. The fourth-order valence-electron chi connectivity index (χ4n) is 1.29. The van der Waals surface area contributed by atoms with Crippen LogP contribution in [0, 0.1) is 0 Å². The van der Waals surface area contributed by atoms with Crippen molar-refractivity contribution in [2.75, 3.05) is 0 Å². The Labute approximate surface area is 107 Å². The Morgan fingerprint density at radius 3 is 2.47 bits per heavy atom. The molecule has 1 aromatic carbocycles. The molecule has 0 atom stereocenters. The summed E-state index contributed by atoms with van der Waals surface area (Å²) in [6.45, 7) is 0. The van der Waals surface area contributed by atoms with Crippen LogP contribution in [0.25, 0.3) is 10.9 Å².